The molecule has 0 spiro atoms. The van der Waals surface area contributed by atoms with Gasteiger partial charge < -0.3 is 10.2 Å². The van der Waals surface area contributed by atoms with Gasteiger partial charge >= 0.3 is 0 Å². The number of rotatable bonds is 5. The molecule has 0 bridgehead atoms. The molecule has 3 aromatic rings. The molecule has 1 aliphatic rings. The molecule has 2 heterocycles. The molecule has 0 aliphatic carbocycles. The van der Waals surface area contributed by atoms with Crippen molar-refractivity contribution in [1.82, 2.24) is 20.0 Å². The van der Waals surface area contributed by atoms with Crippen LogP contribution in [-0.4, -0.2) is 40.2 Å². The molecule has 1 aliphatic heterocycles. The molecule has 152 valence electrons. The summed E-state index contributed by atoms with van der Waals surface area (Å²) in [6.45, 7) is 5.99. The van der Waals surface area contributed by atoms with Crippen LogP contribution in [0.2, 0.25) is 0 Å². The van der Waals surface area contributed by atoms with Crippen molar-refractivity contribution < 1.29 is 4.79 Å². The molecule has 1 N–H and O–H groups in total. The van der Waals surface area contributed by atoms with Crippen LogP contribution in [0, 0.1) is 0 Å². The zero-order chi connectivity index (χ0) is 20.4. The van der Waals surface area contributed by atoms with Crippen molar-refractivity contribution in [2.24, 2.45) is 0 Å². The fourth-order valence-corrected chi connectivity index (χ4v) is 4.28. The minimum absolute atomic E-state index is 0.134. The first-order valence-electron chi connectivity index (χ1n) is 10.5. The third kappa shape index (κ3) is 4.06. The van der Waals surface area contributed by atoms with Gasteiger partial charge in [-0.15, -0.1) is 0 Å². The van der Waals surface area contributed by atoms with Gasteiger partial charge in [0.1, 0.15) is 0 Å². The van der Waals surface area contributed by atoms with Gasteiger partial charge in [0.05, 0.1) is 17.6 Å². The largest absolute Gasteiger partial charge is 0.342 e. The highest BCUT2D eigenvalue weighted by Crippen LogP contribution is 2.24. The van der Waals surface area contributed by atoms with E-state index in [1.54, 1.807) is 0 Å². The van der Waals surface area contributed by atoms with Crippen LogP contribution in [0.15, 0.2) is 54.6 Å². The molecule has 1 unspecified atom stereocenters. The van der Waals surface area contributed by atoms with Gasteiger partial charge in [-0.1, -0.05) is 55.0 Å². The number of aromatic nitrogens is 2. The first-order valence-corrected chi connectivity index (χ1v) is 10.5. The summed E-state index contributed by atoms with van der Waals surface area (Å²) in [4.78, 5) is 15.6. The molecule has 1 atom stereocenters. The number of carbonyl (C=O) groups is 1. The molecule has 1 aromatic heterocycles. The maximum absolute atomic E-state index is 13.2. The number of likely N-dealkylation sites (tertiary alicyclic amines) is 1. The molecule has 1 amide bonds. The second-order valence-corrected chi connectivity index (χ2v) is 8.62. The summed E-state index contributed by atoms with van der Waals surface area (Å²) >= 11 is 0. The van der Waals surface area contributed by atoms with Crippen molar-refractivity contribution in [3.05, 3.63) is 65.9 Å². The van der Waals surface area contributed by atoms with Crippen molar-refractivity contribution in [2.75, 3.05) is 13.6 Å². The van der Waals surface area contributed by atoms with E-state index in [9.17, 15) is 4.79 Å². The van der Waals surface area contributed by atoms with E-state index in [1.807, 2.05) is 67.1 Å². The van der Waals surface area contributed by atoms with Crippen LogP contribution in [-0.2, 0) is 12.1 Å². The number of nitrogens with one attached hydrogen (secondary N) is 1. The molecule has 0 saturated carbocycles. The lowest BCUT2D eigenvalue weighted by Gasteiger charge is -2.32. The number of amides is 1. The van der Waals surface area contributed by atoms with Gasteiger partial charge in [0.2, 0.25) is 0 Å². The number of hydrogen-bond donors (Lipinski definition) is 1. The SMILES string of the molecule is CN1CCCCC1Cn1nc(C(=O)NC(C)(C)c2ccccc2)c2ccccc21. The predicted octanol–water partition coefficient (Wildman–Crippen LogP) is 4.19. The van der Waals surface area contributed by atoms with Crippen LogP contribution in [0.1, 0.15) is 49.2 Å². The maximum atomic E-state index is 13.2. The number of piperidine rings is 1. The van der Waals surface area contributed by atoms with Gasteiger partial charge in [-0.3, -0.25) is 9.48 Å². The standard InChI is InChI=1S/C24H30N4O/c1-24(2,18-11-5-4-6-12-18)25-23(29)22-20-14-7-8-15-21(20)28(26-22)17-19-13-9-10-16-27(19)3/h4-8,11-12,14-15,19H,9-10,13,16-17H2,1-3H3,(H,25,29). The molecule has 5 nitrogen and oxygen atoms in total. The smallest absolute Gasteiger partial charge is 0.273 e. The minimum atomic E-state index is -0.479. The number of nitrogens with zero attached hydrogens (tertiary/aromatic N) is 3. The third-order valence-electron chi connectivity index (χ3n) is 6.10. The predicted molar refractivity (Wildman–Crippen MR) is 117 cm³/mol. The highest BCUT2D eigenvalue weighted by atomic mass is 16.2. The summed E-state index contributed by atoms with van der Waals surface area (Å²) in [6.07, 6.45) is 3.69. The van der Waals surface area contributed by atoms with Crippen LogP contribution in [0.5, 0.6) is 0 Å². The third-order valence-corrected chi connectivity index (χ3v) is 6.10. The molecule has 29 heavy (non-hydrogen) atoms. The van der Waals surface area contributed by atoms with Crippen LogP contribution in [0.4, 0.5) is 0 Å². The molecular weight excluding hydrogens is 360 g/mol. The van der Waals surface area contributed by atoms with Gasteiger partial charge in [0.15, 0.2) is 5.69 Å². The zero-order valence-electron chi connectivity index (χ0n) is 17.6. The molecule has 2 aromatic carbocycles. The van der Waals surface area contributed by atoms with E-state index in [1.165, 1.54) is 19.3 Å². The summed E-state index contributed by atoms with van der Waals surface area (Å²) in [6, 6.07) is 18.6. The molecule has 4 rings (SSSR count). The number of fused-ring (bicyclic) bond motifs is 1. The Hall–Kier alpha value is -2.66. The van der Waals surface area contributed by atoms with E-state index in [0.29, 0.717) is 11.7 Å². The Bertz CT molecular complexity index is 993. The summed E-state index contributed by atoms with van der Waals surface area (Å²) in [5.41, 5.74) is 2.12. The Labute approximate surface area is 172 Å². The molecule has 1 saturated heterocycles. The normalized spacial score (nSPS) is 18.1. The average Bonchev–Trinajstić information content (AvgIpc) is 3.09. The maximum Gasteiger partial charge on any atom is 0.273 e. The number of hydrogen-bond acceptors (Lipinski definition) is 3. The quantitative estimate of drug-likeness (QED) is 0.711. The zero-order valence-corrected chi connectivity index (χ0v) is 17.6. The van der Waals surface area contributed by atoms with Crippen LogP contribution in [0.3, 0.4) is 0 Å². The highest BCUT2D eigenvalue weighted by Gasteiger charge is 2.27. The topological polar surface area (TPSA) is 50.2 Å². The molecular formula is C24H30N4O. The van der Waals surface area contributed by atoms with Crippen molar-refractivity contribution in [3.8, 4) is 0 Å². The number of carbonyl (C=O) groups excluding carboxylic acids is 1. The van der Waals surface area contributed by atoms with Gasteiger partial charge in [-0.25, -0.2) is 0 Å². The molecule has 0 radical (unpaired) electrons. The minimum Gasteiger partial charge on any atom is -0.342 e. The van der Waals surface area contributed by atoms with E-state index in [-0.39, 0.29) is 5.91 Å². The Morgan fingerprint density at radius 2 is 1.83 bits per heavy atom. The molecule has 1 fully saturated rings. The van der Waals surface area contributed by atoms with Crippen LogP contribution >= 0.6 is 0 Å². The van der Waals surface area contributed by atoms with E-state index < -0.39 is 5.54 Å². The first-order chi connectivity index (χ1) is 14.0. The summed E-state index contributed by atoms with van der Waals surface area (Å²) < 4.78 is 2.02. The van der Waals surface area contributed by atoms with E-state index >= 15 is 0 Å². The summed E-state index contributed by atoms with van der Waals surface area (Å²) in [5, 5.41) is 8.86. The lowest BCUT2D eigenvalue weighted by Crippen LogP contribution is -2.41. The lowest BCUT2D eigenvalue weighted by atomic mass is 9.94. The number of para-hydroxylation sites is 1. The second-order valence-electron chi connectivity index (χ2n) is 8.62. The fraction of sp³-hybridized carbons (Fsp3) is 0.417. The van der Waals surface area contributed by atoms with Crippen molar-refractivity contribution in [1.29, 1.82) is 0 Å². The van der Waals surface area contributed by atoms with Crippen molar-refractivity contribution >= 4 is 16.8 Å². The van der Waals surface area contributed by atoms with Gasteiger partial charge in [-0.05, 0) is 51.9 Å². The molecule has 5 heteroatoms. The highest BCUT2D eigenvalue weighted by molar-refractivity contribution is 6.05. The Morgan fingerprint density at radius 1 is 1.10 bits per heavy atom. The van der Waals surface area contributed by atoms with E-state index in [4.69, 9.17) is 5.10 Å². The van der Waals surface area contributed by atoms with Crippen molar-refractivity contribution in [2.45, 2.75) is 51.2 Å². The van der Waals surface area contributed by atoms with Gasteiger partial charge in [0, 0.05) is 11.4 Å². The van der Waals surface area contributed by atoms with Crippen molar-refractivity contribution in [3.63, 3.8) is 0 Å². The van der Waals surface area contributed by atoms with Gasteiger partial charge in [0.25, 0.3) is 5.91 Å². The monoisotopic (exact) mass is 390 g/mol. The lowest BCUT2D eigenvalue weighted by molar-refractivity contribution is 0.0906. The second kappa shape index (κ2) is 7.99. The summed E-state index contributed by atoms with van der Waals surface area (Å²) in [7, 11) is 2.19. The Morgan fingerprint density at radius 3 is 2.59 bits per heavy atom. The first kappa shape index (κ1) is 19.6. The fourth-order valence-electron chi connectivity index (χ4n) is 4.28. The summed E-state index contributed by atoms with van der Waals surface area (Å²) in [5.74, 6) is -0.134. The van der Waals surface area contributed by atoms with Crippen LogP contribution in [0.25, 0.3) is 10.9 Å². The number of likely N-dealkylation sites (N-methyl/N-ethyl adjacent to an activating group) is 1. The van der Waals surface area contributed by atoms with E-state index in [2.05, 4.69) is 23.3 Å². The number of benzene rings is 2. The van der Waals surface area contributed by atoms with E-state index in [0.717, 1.165) is 29.6 Å². The Balaban J connectivity index is 1.63. The van der Waals surface area contributed by atoms with Crippen LogP contribution < -0.4 is 5.32 Å². The van der Waals surface area contributed by atoms with Gasteiger partial charge in [-0.2, -0.15) is 5.10 Å². The average molecular weight is 391 g/mol. The Kier molecular flexibility index (Phi) is 5.41.